The van der Waals surface area contributed by atoms with E-state index in [-0.39, 0.29) is 17.5 Å². The molecule has 6 nitrogen and oxygen atoms in total. The Labute approximate surface area is 189 Å². The molecule has 1 N–H and O–H groups in total. The summed E-state index contributed by atoms with van der Waals surface area (Å²) >= 11 is 6.31. The molecule has 1 aliphatic rings. The van der Waals surface area contributed by atoms with Crippen molar-refractivity contribution >= 4 is 34.1 Å². The normalized spacial score (nSPS) is 15.8. The highest BCUT2D eigenvalue weighted by Crippen LogP contribution is 2.36. The molecule has 1 aliphatic heterocycles. The van der Waals surface area contributed by atoms with Crippen molar-refractivity contribution in [3.63, 3.8) is 0 Å². The molecule has 1 amide bonds. The summed E-state index contributed by atoms with van der Waals surface area (Å²) in [5.74, 6) is -0.211. The number of aromatic nitrogens is 2. The lowest BCUT2D eigenvalue weighted by molar-refractivity contribution is -0.130. The number of halogens is 1. The lowest BCUT2D eigenvalue weighted by Crippen LogP contribution is -2.24. The Morgan fingerprint density at radius 1 is 1.06 bits per heavy atom. The van der Waals surface area contributed by atoms with Gasteiger partial charge in [0.2, 0.25) is 5.91 Å². The van der Waals surface area contributed by atoms with Crippen LogP contribution in [0.1, 0.15) is 30.6 Å². The fraction of sp³-hybridized carbons (Fsp3) is 0.120. The number of H-pyrrole nitrogens is 1. The molecular weight excluding hydrogens is 424 g/mol. The smallest absolute Gasteiger partial charge is 0.258 e. The highest BCUT2D eigenvalue weighted by molar-refractivity contribution is 6.31. The van der Waals surface area contributed by atoms with E-state index in [1.54, 1.807) is 18.3 Å². The third-order valence-electron chi connectivity index (χ3n) is 5.59. The second kappa shape index (κ2) is 8.05. The Morgan fingerprint density at radius 2 is 1.84 bits per heavy atom. The Bertz CT molecular complexity index is 1410. The topological polar surface area (TPSA) is 78.4 Å². The zero-order valence-corrected chi connectivity index (χ0v) is 18.0. The molecule has 2 aromatic heterocycles. The molecule has 5 rings (SSSR count). The van der Waals surface area contributed by atoms with Gasteiger partial charge in [0.15, 0.2) is 0 Å². The molecule has 0 fully saturated rings. The van der Waals surface area contributed by atoms with Gasteiger partial charge in [-0.15, -0.1) is 0 Å². The zero-order chi connectivity index (χ0) is 22.2. The maximum absolute atomic E-state index is 13.3. The van der Waals surface area contributed by atoms with Crippen molar-refractivity contribution in [1.82, 2.24) is 15.0 Å². The number of hydrogen-bond donors (Lipinski definition) is 1. The average molecular weight is 443 g/mol. The zero-order valence-electron chi connectivity index (χ0n) is 17.2. The number of benzene rings is 2. The minimum Gasteiger partial charge on any atom is -0.321 e. The number of carbonyl (C=O) groups is 1. The minimum absolute atomic E-state index is 0.211. The first-order valence-electron chi connectivity index (χ1n) is 10.2. The van der Waals surface area contributed by atoms with Gasteiger partial charge in [0.1, 0.15) is 6.04 Å². The van der Waals surface area contributed by atoms with E-state index in [9.17, 15) is 9.59 Å². The standard InChI is InChI=1S/C25H19ClN4O2/c1-15(31)30-22(20-9-5-6-12-27-20)14-21(29-30)24-23(16-7-3-2-4-8-16)18-13-17(26)10-11-19(18)28-25(24)32/h2-13,22H,14H2,1H3,(H,28,32). The van der Waals surface area contributed by atoms with Crippen molar-refractivity contribution in [3.8, 4) is 11.1 Å². The summed E-state index contributed by atoms with van der Waals surface area (Å²) < 4.78 is 0. The van der Waals surface area contributed by atoms with E-state index in [0.717, 1.165) is 22.2 Å². The Hall–Kier alpha value is -3.77. The predicted molar refractivity (Wildman–Crippen MR) is 126 cm³/mol. The lowest BCUT2D eigenvalue weighted by Gasteiger charge is -2.19. The molecule has 7 heteroatoms. The summed E-state index contributed by atoms with van der Waals surface area (Å²) in [6.07, 6.45) is 2.07. The quantitative estimate of drug-likeness (QED) is 0.488. The molecule has 2 aromatic carbocycles. The summed E-state index contributed by atoms with van der Waals surface area (Å²) in [5.41, 5.74) is 3.75. The van der Waals surface area contributed by atoms with Crippen LogP contribution in [-0.4, -0.2) is 26.6 Å². The number of hydrazone groups is 1. The Morgan fingerprint density at radius 3 is 2.56 bits per heavy atom. The highest BCUT2D eigenvalue weighted by atomic mass is 35.5. The maximum atomic E-state index is 13.3. The van der Waals surface area contributed by atoms with Crippen LogP contribution in [0.4, 0.5) is 0 Å². The lowest BCUT2D eigenvalue weighted by atomic mass is 9.91. The van der Waals surface area contributed by atoms with E-state index < -0.39 is 0 Å². The molecule has 0 aliphatic carbocycles. The second-order valence-corrected chi connectivity index (χ2v) is 8.08. The summed E-state index contributed by atoms with van der Waals surface area (Å²) in [7, 11) is 0. The highest BCUT2D eigenvalue weighted by Gasteiger charge is 2.34. The fourth-order valence-electron chi connectivity index (χ4n) is 4.20. The number of pyridine rings is 2. The number of hydrogen-bond acceptors (Lipinski definition) is 4. The SMILES string of the molecule is CC(=O)N1N=C(c2c(-c3ccccc3)c3cc(Cl)ccc3[nH]c2=O)CC1c1ccccn1. The van der Waals surface area contributed by atoms with Gasteiger partial charge in [-0.05, 0) is 35.9 Å². The van der Waals surface area contributed by atoms with E-state index in [2.05, 4.69) is 15.1 Å². The number of rotatable bonds is 3. The number of aromatic amines is 1. The first kappa shape index (κ1) is 20.2. The molecule has 1 atom stereocenters. The van der Waals surface area contributed by atoms with Gasteiger partial charge in [0, 0.05) is 41.0 Å². The van der Waals surface area contributed by atoms with Crippen molar-refractivity contribution in [2.24, 2.45) is 5.10 Å². The molecule has 1 unspecified atom stereocenters. The maximum Gasteiger partial charge on any atom is 0.258 e. The third kappa shape index (κ3) is 3.48. The predicted octanol–water partition coefficient (Wildman–Crippen LogP) is 4.94. The summed E-state index contributed by atoms with van der Waals surface area (Å²) in [5, 5.41) is 7.39. The van der Waals surface area contributed by atoms with E-state index in [0.29, 0.717) is 28.2 Å². The fourth-order valence-corrected chi connectivity index (χ4v) is 4.37. The van der Waals surface area contributed by atoms with Crippen molar-refractivity contribution < 1.29 is 4.79 Å². The molecule has 0 saturated heterocycles. The molecule has 158 valence electrons. The Balaban J connectivity index is 1.76. The molecule has 0 bridgehead atoms. The van der Waals surface area contributed by atoms with Crippen LogP contribution in [0.15, 0.2) is 82.8 Å². The van der Waals surface area contributed by atoms with Crippen LogP contribution >= 0.6 is 11.6 Å². The van der Waals surface area contributed by atoms with Gasteiger partial charge in [-0.1, -0.05) is 48.0 Å². The van der Waals surface area contributed by atoms with E-state index in [4.69, 9.17) is 11.6 Å². The van der Waals surface area contributed by atoms with E-state index in [1.165, 1.54) is 11.9 Å². The first-order valence-corrected chi connectivity index (χ1v) is 10.6. The van der Waals surface area contributed by atoms with Gasteiger partial charge in [0.05, 0.1) is 17.0 Å². The van der Waals surface area contributed by atoms with Crippen LogP contribution in [0, 0.1) is 0 Å². The molecule has 0 spiro atoms. The molecule has 4 aromatic rings. The molecule has 32 heavy (non-hydrogen) atoms. The second-order valence-electron chi connectivity index (χ2n) is 7.64. The number of nitrogens with zero attached hydrogens (tertiary/aromatic N) is 3. The number of amides is 1. The van der Waals surface area contributed by atoms with Gasteiger partial charge >= 0.3 is 0 Å². The number of fused-ring (bicyclic) bond motifs is 1. The van der Waals surface area contributed by atoms with Crippen LogP contribution in [0.5, 0.6) is 0 Å². The number of nitrogens with one attached hydrogen (secondary N) is 1. The summed E-state index contributed by atoms with van der Waals surface area (Å²) in [6.45, 7) is 1.46. The average Bonchev–Trinajstić information content (AvgIpc) is 3.25. The van der Waals surface area contributed by atoms with Crippen LogP contribution in [0.3, 0.4) is 0 Å². The first-order chi connectivity index (χ1) is 15.5. The minimum atomic E-state index is -0.373. The van der Waals surface area contributed by atoms with Crippen LogP contribution in [-0.2, 0) is 4.79 Å². The molecular formula is C25H19ClN4O2. The van der Waals surface area contributed by atoms with Crippen molar-refractivity contribution in [3.05, 3.63) is 99.6 Å². The molecule has 3 heterocycles. The van der Waals surface area contributed by atoms with Crippen LogP contribution in [0.2, 0.25) is 5.02 Å². The Kier molecular flexibility index (Phi) is 5.07. The monoisotopic (exact) mass is 442 g/mol. The van der Waals surface area contributed by atoms with Crippen molar-refractivity contribution in [1.29, 1.82) is 0 Å². The van der Waals surface area contributed by atoms with Crippen LogP contribution < -0.4 is 5.56 Å². The van der Waals surface area contributed by atoms with E-state index in [1.807, 2.05) is 54.6 Å². The van der Waals surface area contributed by atoms with Gasteiger partial charge < -0.3 is 4.98 Å². The summed E-state index contributed by atoms with van der Waals surface area (Å²) in [4.78, 5) is 33.1. The van der Waals surface area contributed by atoms with Crippen molar-refractivity contribution in [2.45, 2.75) is 19.4 Å². The largest absolute Gasteiger partial charge is 0.321 e. The van der Waals surface area contributed by atoms with Gasteiger partial charge in [-0.25, -0.2) is 5.01 Å². The summed E-state index contributed by atoms with van der Waals surface area (Å²) in [6, 6.07) is 20.2. The molecule has 0 saturated carbocycles. The van der Waals surface area contributed by atoms with Crippen molar-refractivity contribution in [2.75, 3.05) is 0 Å². The number of carbonyl (C=O) groups excluding carboxylic acids is 1. The van der Waals surface area contributed by atoms with Gasteiger partial charge in [-0.2, -0.15) is 5.10 Å². The van der Waals surface area contributed by atoms with E-state index >= 15 is 0 Å². The van der Waals surface area contributed by atoms with Gasteiger partial charge in [-0.3, -0.25) is 14.6 Å². The molecule has 0 radical (unpaired) electrons. The van der Waals surface area contributed by atoms with Crippen LogP contribution in [0.25, 0.3) is 22.0 Å². The van der Waals surface area contributed by atoms with Gasteiger partial charge in [0.25, 0.3) is 5.56 Å². The third-order valence-corrected chi connectivity index (χ3v) is 5.82.